The molecule has 0 spiro atoms. The van der Waals surface area contributed by atoms with Crippen LogP contribution in [0.2, 0.25) is 0 Å². The fraction of sp³-hybridized carbons (Fsp3) is 0.250. The number of para-hydroxylation sites is 1. The first-order valence-corrected chi connectivity index (χ1v) is 8.53. The summed E-state index contributed by atoms with van der Waals surface area (Å²) in [4.78, 5) is 35.5. The van der Waals surface area contributed by atoms with Crippen molar-refractivity contribution >= 4 is 23.5 Å². The topological polar surface area (TPSA) is 95.5 Å². The smallest absolute Gasteiger partial charge is 0.306 e. The molecule has 1 aliphatic rings. The maximum Gasteiger partial charge on any atom is 0.306 e. The molecule has 3 N–H and O–H groups in total. The summed E-state index contributed by atoms with van der Waals surface area (Å²) in [5.74, 6) is -1.70. The Morgan fingerprint density at radius 3 is 2.04 bits per heavy atom. The van der Waals surface area contributed by atoms with Gasteiger partial charge in [-0.1, -0.05) is 18.2 Å². The number of hydrogen-bond donors (Lipinski definition) is 3. The molecule has 3 rings (SSSR count). The number of hydrogen-bond acceptors (Lipinski definition) is 3. The molecule has 2 atom stereocenters. The van der Waals surface area contributed by atoms with Crippen LogP contribution in [0.3, 0.4) is 0 Å². The Bertz CT molecular complexity index is 802. The molecule has 0 bridgehead atoms. The monoisotopic (exact) mass is 352 g/mol. The SMILES string of the molecule is O=C(Nc1ccccc1)c1ccc(C(=O)N[C@@H]2CC[C@H](C(=O)O)C2)cc1. The molecule has 26 heavy (non-hydrogen) atoms. The molecule has 0 aliphatic heterocycles. The molecule has 0 unspecified atom stereocenters. The van der Waals surface area contributed by atoms with Crippen molar-refractivity contribution in [3.05, 3.63) is 65.7 Å². The van der Waals surface area contributed by atoms with E-state index in [0.29, 0.717) is 36.1 Å². The Kier molecular flexibility index (Phi) is 5.31. The van der Waals surface area contributed by atoms with E-state index >= 15 is 0 Å². The normalized spacial score (nSPS) is 18.9. The molecule has 0 saturated heterocycles. The van der Waals surface area contributed by atoms with Gasteiger partial charge in [-0.3, -0.25) is 14.4 Å². The second kappa shape index (κ2) is 7.82. The number of rotatable bonds is 5. The lowest BCUT2D eigenvalue weighted by atomic mass is 10.1. The molecular formula is C20H20N2O4. The summed E-state index contributed by atoms with van der Waals surface area (Å²) < 4.78 is 0. The van der Waals surface area contributed by atoms with Gasteiger partial charge in [0.15, 0.2) is 0 Å². The Labute approximate surface area is 151 Å². The molecule has 1 aliphatic carbocycles. The Morgan fingerprint density at radius 2 is 1.46 bits per heavy atom. The maximum atomic E-state index is 12.3. The zero-order chi connectivity index (χ0) is 18.5. The van der Waals surface area contributed by atoms with E-state index < -0.39 is 5.97 Å². The minimum absolute atomic E-state index is 0.121. The van der Waals surface area contributed by atoms with Gasteiger partial charge in [0.25, 0.3) is 11.8 Å². The number of carboxylic acid groups (broad SMARTS) is 1. The number of anilines is 1. The van der Waals surface area contributed by atoms with E-state index in [1.807, 2.05) is 18.2 Å². The van der Waals surface area contributed by atoms with Gasteiger partial charge in [-0.2, -0.15) is 0 Å². The predicted molar refractivity (Wildman–Crippen MR) is 97.1 cm³/mol. The van der Waals surface area contributed by atoms with Crippen molar-refractivity contribution in [3.8, 4) is 0 Å². The van der Waals surface area contributed by atoms with E-state index in [0.717, 1.165) is 0 Å². The fourth-order valence-electron chi connectivity index (χ4n) is 3.10. The molecule has 6 nitrogen and oxygen atoms in total. The Hall–Kier alpha value is -3.15. The standard InChI is InChI=1S/C20H20N2O4/c23-18(21-16-4-2-1-3-5-16)13-6-8-14(9-7-13)19(24)22-17-11-10-15(12-17)20(25)26/h1-9,15,17H,10-12H2,(H,21,23)(H,22,24)(H,25,26)/t15-,17+/m0/s1. The van der Waals surface area contributed by atoms with Crippen molar-refractivity contribution < 1.29 is 19.5 Å². The number of aliphatic carboxylic acids is 1. The molecule has 0 radical (unpaired) electrons. The second-order valence-electron chi connectivity index (χ2n) is 6.42. The molecule has 134 valence electrons. The third kappa shape index (κ3) is 4.27. The highest BCUT2D eigenvalue weighted by molar-refractivity contribution is 6.05. The van der Waals surface area contributed by atoms with Gasteiger partial charge in [0.05, 0.1) is 5.92 Å². The minimum Gasteiger partial charge on any atom is -0.481 e. The van der Waals surface area contributed by atoms with Crippen LogP contribution < -0.4 is 10.6 Å². The van der Waals surface area contributed by atoms with Crippen molar-refractivity contribution in [2.45, 2.75) is 25.3 Å². The molecule has 0 aromatic heterocycles. The van der Waals surface area contributed by atoms with E-state index in [1.165, 1.54) is 0 Å². The highest BCUT2D eigenvalue weighted by Gasteiger charge is 2.30. The van der Waals surface area contributed by atoms with Gasteiger partial charge in [-0.25, -0.2) is 0 Å². The average Bonchev–Trinajstić information content (AvgIpc) is 3.11. The van der Waals surface area contributed by atoms with Crippen LogP contribution in [0, 0.1) is 5.92 Å². The van der Waals surface area contributed by atoms with Gasteiger partial charge < -0.3 is 15.7 Å². The van der Waals surface area contributed by atoms with Crippen LogP contribution in [0.1, 0.15) is 40.0 Å². The third-order valence-corrected chi connectivity index (χ3v) is 4.56. The first-order chi connectivity index (χ1) is 12.5. The van der Waals surface area contributed by atoms with Crippen molar-refractivity contribution in [2.24, 2.45) is 5.92 Å². The fourth-order valence-corrected chi connectivity index (χ4v) is 3.10. The second-order valence-corrected chi connectivity index (χ2v) is 6.42. The van der Waals surface area contributed by atoms with Gasteiger partial charge >= 0.3 is 5.97 Å². The molecule has 1 saturated carbocycles. The number of carbonyl (C=O) groups excluding carboxylic acids is 2. The lowest BCUT2D eigenvalue weighted by Crippen LogP contribution is -2.33. The highest BCUT2D eigenvalue weighted by atomic mass is 16.4. The minimum atomic E-state index is -0.810. The first kappa shape index (κ1) is 17.7. The lowest BCUT2D eigenvalue weighted by Gasteiger charge is -2.12. The van der Waals surface area contributed by atoms with Crippen LogP contribution >= 0.6 is 0 Å². The summed E-state index contributed by atoms with van der Waals surface area (Å²) in [7, 11) is 0. The van der Waals surface area contributed by atoms with Crippen molar-refractivity contribution in [1.29, 1.82) is 0 Å². The number of benzene rings is 2. The van der Waals surface area contributed by atoms with E-state index in [1.54, 1.807) is 36.4 Å². The molecule has 2 amide bonds. The number of nitrogens with one attached hydrogen (secondary N) is 2. The largest absolute Gasteiger partial charge is 0.481 e. The Balaban J connectivity index is 1.58. The van der Waals surface area contributed by atoms with E-state index in [-0.39, 0.29) is 23.8 Å². The lowest BCUT2D eigenvalue weighted by molar-refractivity contribution is -0.141. The number of carboxylic acids is 1. The van der Waals surface area contributed by atoms with Gasteiger partial charge in [0, 0.05) is 22.9 Å². The van der Waals surface area contributed by atoms with Crippen LogP contribution in [0.15, 0.2) is 54.6 Å². The van der Waals surface area contributed by atoms with Crippen LogP contribution in [0.5, 0.6) is 0 Å². The zero-order valence-electron chi connectivity index (χ0n) is 14.1. The molecule has 6 heteroatoms. The van der Waals surface area contributed by atoms with Gasteiger partial charge in [-0.05, 0) is 55.7 Å². The predicted octanol–water partition coefficient (Wildman–Crippen LogP) is 2.92. The average molecular weight is 352 g/mol. The van der Waals surface area contributed by atoms with Gasteiger partial charge in [0.2, 0.25) is 0 Å². The zero-order valence-corrected chi connectivity index (χ0v) is 14.1. The molecule has 1 fully saturated rings. The first-order valence-electron chi connectivity index (χ1n) is 8.53. The Morgan fingerprint density at radius 1 is 0.846 bits per heavy atom. The summed E-state index contributed by atoms with van der Waals surface area (Å²) >= 11 is 0. The summed E-state index contributed by atoms with van der Waals surface area (Å²) in [6, 6.07) is 15.4. The quantitative estimate of drug-likeness (QED) is 0.771. The van der Waals surface area contributed by atoms with Crippen molar-refractivity contribution in [2.75, 3.05) is 5.32 Å². The van der Waals surface area contributed by atoms with Gasteiger partial charge in [0.1, 0.15) is 0 Å². The maximum absolute atomic E-state index is 12.3. The number of amides is 2. The van der Waals surface area contributed by atoms with Crippen molar-refractivity contribution in [1.82, 2.24) is 5.32 Å². The molecule has 2 aromatic rings. The molecule has 0 heterocycles. The molecule has 2 aromatic carbocycles. The summed E-state index contributed by atoms with van der Waals surface area (Å²) in [5, 5.41) is 14.7. The van der Waals surface area contributed by atoms with Crippen LogP contribution in [-0.2, 0) is 4.79 Å². The van der Waals surface area contributed by atoms with Crippen molar-refractivity contribution in [3.63, 3.8) is 0 Å². The van der Waals surface area contributed by atoms with Crippen LogP contribution in [-0.4, -0.2) is 28.9 Å². The highest BCUT2D eigenvalue weighted by Crippen LogP contribution is 2.25. The third-order valence-electron chi connectivity index (χ3n) is 4.56. The molecular weight excluding hydrogens is 332 g/mol. The van der Waals surface area contributed by atoms with Crippen LogP contribution in [0.4, 0.5) is 5.69 Å². The summed E-state index contributed by atoms with van der Waals surface area (Å²) in [6.45, 7) is 0. The van der Waals surface area contributed by atoms with E-state index in [2.05, 4.69) is 10.6 Å². The van der Waals surface area contributed by atoms with E-state index in [9.17, 15) is 14.4 Å². The van der Waals surface area contributed by atoms with E-state index in [4.69, 9.17) is 5.11 Å². The summed E-state index contributed by atoms with van der Waals surface area (Å²) in [6.07, 6.45) is 1.71. The number of carbonyl (C=O) groups is 3. The van der Waals surface area contributed by atoms with Crippen LogP contribution in [0.25, 0.3) is 0 Å². The van der Waals surface area contributed by atoms with Gasteiger partial charge in [-0.15, -0.1) is 0 Å². The summed E-state index contributed by atoms with van der Waals surface area (Å²) in [5.41, 5.74) is 1.60.